The van der Waals surface area contributed by atoms with Gasteiger partial charge in [-0.15, -0.1) is 0 Å². The first kappa shape index (κ1) is 13.8. The minimum absolute atomic E-state index is 0.189. The van der Waals surface area contributed by atoms with Crippen LogP contribution in [0, 0.1) is 5.41 Å². The van der Waals surface area contributed by atoms with Crippen molar-refractivity contribution < 1.29 is 4.79 Å². The number of carbonyl (C=O) groups is 1. The number of hydrogen-bond donors (Lipinski definition) is 2. The number of nitrogens with zero attached hydrogens (tertiary/aromatic N) is 1. The van der Waals surface area contributed by atoms with Gasteiger partial charge in [-0.3, -0.25) is 4.79 Å². The molecule has 3 N–H and O–H groups in total. The van der Waals surface area contributed by atoms with Crippen LogP contribution < -0.4 is 11.1 Å². The first-order valence-electron chi connectivity index (χ1n) is 7.36. The fraction of sp³-hybridized carbons (Fsp3) is 0.929. The molecule has 2 aliphatic rings. The molecule has 0 atom stereocenters. The van der Waals surface area contributed by atoms with Gasteiger partial charge in [0.2, 0.25) is 5.91 Å². The molecule has 0 aliphatic heterocycles. The van der Waals surface area contributed by atoms with Gasteiger partial charge in [0, 0.05) is 25.7 Å². The molecule has 4 heteroatoms. The van der Waals surface area contributed by atoms with E-state index in [1.165, 1.54) is 19.3 Å². The Morgan fingerprint density at radius 2 is 2.00 bits per heavy atom. The molecule has 0 radical (unpaired) electrons. The molecule has 0 bridgehead atoms. The van der Waals surface area contributed by atoms with E-state index in [2.05, 4.69) is 17.3 Å². The van der Waals surface area contributed by atoms with Crippen molar-refractivity contribution >= 4 is 5.91 Å². The average Bonchev–Trinajstić information content (AvgIpc) is 3.23. The van der Waals surface area contributed by atoms with E-state index < -0.39 is 0 Å². The van der Waals surface area contributed by atoms with Gasteiger partial charge in [0.05, 0.1) is 5.41 Å². The number of hydrogen-bond acceptors (Lipinski definition) is 3. The van der Waals surface area contributed by atoms with E-state index >= 15 is 0 Å². The molecule has 0 heterocycles. The summed E-state index contributed by atoms with van der Waals surface area (Å²) in [6, 6.07) is 0.764. The third-order valence-corrected chi connectivity index (χ3v) is 4.60. The summed E-state index contributed by atoms with van der Waals surface area (Å²) in [4.78, 5) is 14.7. The maximum Gasteiger partial charge on any atom is 0.227 e. The highest BCUT2D eigenvalue weighted by molar-refractivity contribution is 5.83. The van der Waals surface area contributed by atoms with Crippen molar-refractivity contribution in [3.05, 3.63) is 0 Å². The summed E-state index contributed by atoms with van der Waals surface area (Å²) in [6.45, 7) is 2.21. The molecule has 2 rings (SSSR count). The van der Waals surface area contributed by atoms with Crippen molar-refractivity contribution in [2.75, 3.05) is 26.7 Å². The van der Waals surface area contributed by atoms with E-state index in [0.717, 1.165) is 44.8 Å². The zero-order valence-corrected chi connectivity index (χ0v) is 11.6. The van der Waals surface area contributed by atoms with Gasteiger partial charge in [-0.25, -0.2) is 0 Å². The Labute approximate surface area is 110 Å². The smallest absolute Gasteiger partial charge is 0.227 e. The Bertz CT molecular complexity index is 283. The van der Waals surface area contributed by atoms with Crippen molar-refractivity contribution in [3.63, 3.8) is 0 Å². The zero-order chi connectivity index (χ0) is 13.0. The molecule has 104 valence electrons. The highest BCUT2D eigenvalue weighted by Gasteiger charge is 2.37. The molecule has 0 spiro atoms. The summed E-state index contributed by atoms with van der Waals surface area (Å²) in [7, 11) is 2.14. The standard InChI is InChI=1S/C14H27N3O/c1-17(12-5-6-12)10-9-16-13(18)14(11-15)7-3-2-4-8-14/h12H,2-11,15H2,1H3,(H,16,18). The molecule has 2 aliphatic carbocycles. The van der Waals surface area contributed by atoms with Crippen LogP contribution in [0.5, 0.6) is 0 Å². The summed E-state index contributed by atoms with van der Waals surface area (Å²) in [5.41, 5.74) is 5.59. The van der Waals surface area contributed by atoms with Crippen LogP contribution in [0.15, 0.2) is 0 Å². The second-order valence-corrected chi connectivity index (χ2v) is 6.01. The van der Waals surface area contributed by atoms with Gasteiger partial charge in [-0.05, 0) is 32.7 Å². The van der Waals surface area contributed by atoms with Crippen LogP contribution in [-0.2, 0) is 4.79 Å². The third kappa shape index (κ3) is 3.23. The Morgan fingerprint density at radius 3 is 2.56 bits per heavy atom. The molecule has 2 saturated carbocycles. The lowest BCUT2D eigenvalue weighted by Crippen LogP contribution is -2.48. The number of carbonyl (C=O) groups excluding carboxylic acids is 1. The second-order valence-electron chi connectivity index (χ2n) is 6.01. The molecule has 0 saturated heterocycles. The highest BCUT2D eigenvalue weighted by atomic mass is 16.2. The first-order chi connectivity index (χ1) is 8.68. The zero-order valence-electron chi connectivity index (χ0n) is 11.6. The second kappa shape index (κ2) is 6.02. The molecule has 0 aromatic heterocycles. The molecular formula is C14H27N3O. The molecule has 0 aromatic rings. The van der Waals surface area contributed by atoms with Gasteiger partial charge in [0.25, 0.3) is 0 Å². The Morgan fingerprint density at radius 1 is 1.33 bits per heavy atom. The minimum atomic E-state index is -0.267. The monoisotopic (exact) mass is 253 g/mol. The lowest BCUT2D eigenvalue weighted by atomic mass is 9.73. The van der Waals surface area contributed by atoms with E-state index in [0.29, 0.717) is 6.54 Å². The molecular weight excluding hydrogens is 226 g/mol. The predicted molar refractivity (Wildman–Crippen MR) is 73.2 cm³/mol. The van der Waals surface area contributed by atoms with E-state index in [4.69, 9.17) is 5.73 Å². The fourth-order valence-corrected chi connectivity index (χ4v) is 2.98. The molecule has 0 aromatic carbocycles. The van der Waals surface area contributed by atoms with Crippen molar-refractivity contribution in [1.82, 2.24) is 10.2 Å². The van der Waals surface area contributed by atoms with Crippen LogP contribution in [0.3, 0.4) is 0 Å². The summed E-state index contributed by atoms with van der Waals surface area (Å²) >= 11 is 0. The molecule has 0 unspecified atom stereocenters. The van der Waals surface area contributed by atoms with Gasteiger partial charge < -0.3 is 16.0 Å². The molecule has 18 heavy (non-hydrogen) atoms. The number of likely N-dealkylation sites (N-methyl/N-ethyl adjacent to an activating group) is 1. The normalized spacial score (nSPS) is 23.1. The van der Waals surface area contributed by atoms with Crippen molar-refractivity contribution in [3.8, 4) is 0 Å². The summed E-state index contributed by atoms with van der Waals surface area (Å²) < 4.78 is 0. The van der Waals surface area contributed by atoms with Gasteiger partial charge >= 0.3 is 0 Å². The summed E-state index contributed by atoms with van der Waals surface area (Å²) in [5.74, 6) is 0.189. The summed E-state index contributed by atoms with van der Waals surface area (Å²) in [6.07, 6.45) is 8.11. The Balaban J connectivity index is 1.74. The minimum Gasteiger partial charge on any atom is -0.354 e. The van der Waals surface area contributed by atoms with Crippen LogP contribution >= 0.6 is 0 Å². The quantitative estimate of drug-likeness (QED) is 0.745. The van der Waals surface area contributed by atoms with Gasteiger partial charge in [-0.1, -0.05) is 19.3 Å². The largest absolute Gasteiger partial charge is 0.354 e. The topological polar surface area (TPSA) is 58.4 Å². The number of amides is 1. The van der Waals surface area contributed by atoms with E-state index in [1.807, 2.05) is 0 Å². The lowest BCUT2D eigenvalue weighted by molar-refractivity contribution is -0.132. The maximum absolute atomic E-state index is 12.3. The van der Waals surface area contributed by atoms with Gasteiger partial charge in [0.1, 0.15) is 0 Å². The molecule has 2 fully saturated rings. The average molecular weight is 253 g/mol. The van der Waals surface area contributed by atoms with E-state index in [1.54, 1.807) is 0 Å². The SMILES string of the molecule is CN(CCNC(=O)C1(CN)CCCCC1)C1CC1. The maximum atomic E-state index is 12.3. The number of rotatable bonds is 6. The number of nitrogens with two attached hydrogens (primary N) is 1. The van der Waals surface area contributed by atoms with Crippen LogP contribution in [0.4, 0.5) is 0 Å². The molecule has 4 nitrogen and oxygen atoms in total. The van der Waals surface area contributed by atoms with Crippen LogP contribution in [0.25, 0.3) is 0 Å². The van der Waals surface area contributed by atoms with Crippen molar-refractivity contribution in [1.29, 1.82) is 0 Å². The number of nitrogens with one attached hydrogen (secondary N) is 1. The predicted octanol–water partition coefficient (Wildman–Crippen LogP) is 1.11. The van der Waals surface area contributed by atoms with E-state index in [9.17, 15) is 4.79 Å². The van der Waals surface area contributed by atoms with Crippen molar-refractivity contribution in [2.45, 2.75) is 51.0 Å². The Hall–Kier alpha value is -0.610. The van der Waals surface area contributed by atoms with Crippen LogP contribution in [-0.4, -0.2) is 43.5 Å². The fourth-order valence-electron chi connectivity index (χ4n) is 2.98. The lowest BCUT2D eigenvalue weighted by Gasteiger charge is -2.34. The van der Waals surface area contributed by atoms with Crippen LogP contribution in [0.2, 0.25) is 0 Å². The first-order valence-corrected chi connectivity index (χ1v) is 7.36. The van der Waals surface area contributed by atoms with Gasteiger partial charge in [0.15, 0.2) is 0 Å². The summed E-state index contributed by atoms with van der Waals surface area (Å²) in [5, 5.41) is 3.10. The van der Waals surface area contributed by atoms with Crippen LogP contribution in [0.1, 0.15) is 44.9 Å². The third-order valence-electron chi connectivity index (χ3n) is 4.60. The van der Waals surface area contributed by atoms with E-state index in [-0.39, 0.29) is 11.3 Å². The van der Waals surface area contributed by atoms with Gasteiger partial charge in [-0.2, -0.15) is 0 Å². The Kier molecular flexibility index (Phi) is 4.62. The molecule has 1 amide bonds. The highest BCUT2D eigenvalue weighted by Crippen LogP contribution is 2.35. The van der Waals surface area contributed by atoms with Crippen molar-refractivity contribution in [2.24, 2.45) is 11.1 Å².